The number of aliphatic hydroxyl groups excluding tert-OH is 1. The first-order valence-electron chi connectivity index (χ1n) is 6.32. The van der Waals surface area contributed by atoms with E-state index in [9.17, 15) is 0 Å². The van der Waals surface area contributed by atoms with Crippen molar-refractivity contribution in [3.8, 4) is 0 Å². The second-order valence-corrected chi connectivity index (χ2v) is 7.76. The van der Waals surface area contributed by atoms with Crippen LogP contribution in [0.25, 0.3) is 0 Å². The highest BCUT2D eigenvalue weighted by Crippen LogP contribution is 2.23. The van der Waals surface area contributed by atoms with Gasteiger partial charge in [0.15, 0.2) is 0 Å². The van der Waals surface area contributed by atoms with Crippen LogP contribution in [0.2, 0.25) is 0 Å². The predicted molar refractivity (Wildman–Crippen MR) is 67.3 cm³/mol. The van der Waals surface area contributed by atoms with Gasteiger partial charge in [-0.05, 0) is 6.42 Å². The Bertz CT molecular complexity index is 222. The molecule has 0 aromatic rings. The molecule has 3 N–H and O–H groups in total. The summed E-state index contributed by atoms with van der Waals surface area (Å²) in [6.45, 7) is 7.83. The van der Waals surface area contributed by atoms with Crippen LogP contribution >= 0.6 is 0 Å². The Morgan fingerprint density at radius 1 is 1.47 bits per heavy atom. The zero-order valence-electron chi connectivity index (χ0n) is 11.0. The molecule has 1 aliphatic rings. The molecule has 0 aliphatic carbocycles. The van der Waals surface area contributed by atoms with E-state index in [2.05, 4.69) is 6.92 Å². The maximum absolute atomic E-state index is 9.01. The number of nitrogens with two attached hydrogens (primary N) is 1. The minimum atomic E-state index is -2.74. The highest BCUT2D eigenvalue weighted by molar-refractivity contribution is 6.62. The van der Waals surface area contributed by atoms with E-state index in [1.54, 1.807) is 0 Å². The molecular weight excluding hydrogens is 238 g/mol. The molecular formula is C11H25NO4Si. The highest BCUT2D eigenvalue weighted by Gasteiger charge is 2.50. The summed E-state index contributed by atoms with van der Waals surface area (Å²) in [6, 6.07) is 0. The van der Waals surface area contributed by atoms with E-state index in [4.69, 9.17) is 24.1 Å². The van der Waals surface area contributed by atoms with Crippen LogP contribution in [0.3, 0.4) is 0 Å². The fourth-order valence-electron chi connectivity index (χ4n) is 1.57. The summed E-state index contributed by atoms with van der Waals surface area (Å²) in [5.41, 5.74) is 5.90. The molecule has 1 aliphatic heterocycles. The highest BCUT2D eigenvalue weighted by atomic mass is 28.4. The van der Waals surface area contributed by atoms with Crippen molar-refractivity contribution in [1.82, 2.24) is 0 Å². The van der Waals surface area contributed by atoms with Gasteiger partial charge in [-0.2, -0.15) is 0 Å². The van der Waals surface area contributed by atoms with Crippen LogP contribution in [-0.4, -0.2) is 46.0 Å². The van der Waals surface area contributed by atoms with Crippen LogP contribution in [0.5, 0.6) is 0 Å². The first kappa shape index (κ1) is 15.1. The molecule has 1 heterocycles. The topological polar surface area (TPSA) is 73.9 Å². The van der Waals surface area contributed by atoms with Crippen molar-refractivity contribution in [2.24, 2.45) is 17.6 Å². The summed E-state index contributed by atoms with van der Waals surface area (Å²) in [5.74, 6) is 0.466. The smallest absolute Gasteiger partial charge is 0.396 e. The van der Waals surface area contributed by atoms with Crippen molar-refractivity contribution in [1.29, 1.82) is 0 Å². The molecule has 0 aromatic carbocycles. The minimum Gasteiger partial charge on any atom is -0.396 e. The van der Waals surface area contributed by atoms with Gasteiger partial charge in [-0.1, -0.05) is 20.8 Å². The number of aliphatic hydroxyl groups is 1. The average molecular weight is 263 g/mol. The van der Waals surface area contributed by atoms with Gasteiger partial charge in [0, 0.05) is 38.3 Å². The maximum atomic E-state index is 9.01. The number of rotatable bonds is 6. The molecule has 2 unspecified atom stereocenters. The SMILES string of the molecule is CCC(N)[Si]1(OCC(C)CO)OCC(C)CO1. The van der Waals surface area contributed by atoms with Gasteiger partial charge >= 0.3 is 8.80 Å². The lowest BCUT2D eigenvalue weighted by atomic mass is 10.2. The van der Waals surface area contributed by atoms with Crippen LogP contribution in [0.15, 0.2) is 0 Å². The van der Waals surface area contributed by atoms with Gasteiger partial charge in [0.1, 0.15) is 0 Å². The molecule has 0 saturated carbocycles. The lowest BCUT2D eigenvalue weighted by molar-refractivity contribution is -0.0196. The molecule has 1 saturated heterocycles. The van der Waals surface area contributed by atoms with Gasteiger partial charge in [-0.25, -0.2) is 0 Å². The third-order valence-electron chi connectivity index (χ3n) is 2.91. The van der Waals surface area contributed by atoms with Crippen LogP contribution < -0.4 is 5.73 Å². The molecule has 0 aromatic heterocycles. The molecule has 0 spiro atoms. The van der Waals surface area contributed by atoms with E-state index in [-0.39, 0.29) is 18.2 Å². The van der Waals surface area contributed by atoms with Crippen LogP contribution in [0.4, 0.5) is 0 Å². The molecule has 1 rings (SSSR count). The molecule has 0 amide bonds. The summed E-state index contributed by atoms with van der Waals surface area (Å²) in [5, 5.41) is 9.01. The summed E-state index contributed by atoms with van der Waals surface area (Å²) < 4.78 is 17.5. The van der Waals surface area contributed by atoms with E-state index >= 15 is 0 Å². The third kappa shape index (κ3) is 4.01. The third-order valence-corrected chi connectivity index (χ3v) is 5.94. The molecule has 17 heavy (non-hydrogen) atoms. The van der Waals surface area contributed by atoms with Gasteiger partial charge in [0.05, 0.1) is 5.67 Å². The second-order valence-electron chi connectivity index (χ2n) is 4.94. The number of hydrogen-bond donors (Lipinski definition) is 2. The first-order chi connectivity index (χ1) is 8.04. The first-order valence-corrected chi connectivity index (χ1v) is 8.12. The average Bonchev–Trinajstić information content (AvgIpc) is 2.37. The monoisotopic (exact) mass is 263 g/mol. The van der Waals surface area contributed by atoms with Crippen molar-refractivity contribution < 1.29 is 18.4 Å². The van der Waals surface area contributed by atoms with Gasteiger partial charge in [-0.3, -0.25) is 0 Å². The van der Waals surface area contributed by atoms with Crippen molar-refractivity contribution in [3.63, 3.8) is 0 Å². The second kappa shape index (κ2) is 6.82. The van der Waals surface area contributed by atoms with Gasteiger partial charge in [0.2, 0.25) is 0 Å². The fraction of sp³-hybridized carbons (Fsp3) is 1.00. The van der Waals surface area contributed by atoms with Crippen LogP contribution in [-0.2, 0) is 13.3 Å². The van der Waals surface area contributed by atoms with E-state index in [0.29, 0.717) is 25.7 Å². The Labute approximate surface area is 105 Å². The maximum Gasteiger partial charge on any atom is 0.518 e. The Morgan fingerprint density at radius 2 is 2.06 bits per heavy atom. The van der Waals surface area contributed by atoms with Crippen molar-refractivity contribution in [2.45, 2.75) is 32.9 Å². The molecule has 0 bridgehead atoms. The summed E-state index contributed by atoms with van der Waals surface area (Å²) in [7, 11) is -2.74. The lowest BCUT2D eigenvalue weighted by Crippen LogP contribution is -2.63. The largest absolute Gasteiger partial charge is 0.518 e. The van der Waals surface area contributed by atoms with Crippen molar-refractivity contribution in [3.05, 3.63) is 0 Å². The standard InChI is InChI=1S/C11H25NO4Si/c1-4-11(12)17(14-6-9(2)5-13)15-7-10(3)8-16-17/h9-11,13H,4-8,12H2,1-3H3. The molecule has 102 valence electrons. The zero-order chi connectivity index (χ0) is 12.9. The molecule has 6 heteroatoms. The van der Waals surface area contributed by atoms with E-state index in [0.717, 1.165) is 6.42 Å². The Kier molecular flexibility index (Phi) is 6.05. The zero-order valence-corrected chi connectivity index (χ0v) is 12.0. The lowest BCUT2D eigenvalue weighted by Gasteiger charge is -2.39. The normalized spacial score (nSPS) is 33.4. The molecule has 1 fully saturated rings. The minimum absolute atomic E-state index is 0.0787. The van der Waals surface area contributed by atoms with Gasteiger partial charge in [0.25, 0.3) is 0 Å². The summed E-state index contributed by atoms with van der Waals surface area (Å²) in [4.78, 5) is 0. The molecule has 0 radical (unpaired) electrons. The molecule has 5 nitrogen and oxygen atoms in total. The Balaban J connectivity index is 2.59. The fourth-order valence-corrected chi connectivity index (χ4v) is 4.51. The quantitative estimate of drug-likeness (QED) is 0.684. The van der Waals surface area contributed by atoms with Crippen LogP contribution in [0, 0.1) is 11.8 Å². The van der Waals surface area contributed by atoms with E-state index in [1.165, 1.54) is 0 Å². The van der Waals surface area contributed by atoms with Gasteiger partial charge < -0.3 is 24.1 Å². The number of hydrogen-bond acceptors (Lipinski definition) is 5. The summed E-state index contributed by atoms with van der Waals surface area (Å²) >= 11 is 0. The van der Waals surface area contributed by atoms with E-state index in [1.807, 2.05) is 13.8 Å². The summed E-state index contributed by atoms with van der Waals surface area (Å²) in [6.07, 6.45) is 0.772. The Hall–Kier alpha value is 0.0169. The Morgan fingerprint density at radius 3 is 2.53 bits per heavy atom. The predicted octanol–water partition coefficient (Wildman–Crippen LogP) is 0.530. The van der Waals surface area contributed by atoms with Gasteiger partial charge in [-0.15, -0.1) is 0 Å². The van der Waals surface area contributed by atoms with E-state index < -0.39 is 8.80 Å². The van der Waals surface area contributed by atoms with Crippen LogP contribution in [0.1, 0.15) is 27.2 Å². The van der Waals surface area contributed by atoms with Crippen molar-refractivity contribution in [2.75, 3.05) is 26.4 Å². The van der Waals surface area contributed by atoms with Crippen molar-refractivity contribution >= 4 is 8.80 Å². The molecule has 2 atom stereocenters.